The minimum Gasteiger partial charge on any atom is -0.487 e. The molecule has 0 saturated heterocycles. The van der Waals surface area contributed by atoms with Crippen molar-refractivity contribution in [1.82, 2.24) is 4.57 Å². The van der Waals surface area contributed by atoms with Crippen LogP contribution < -0.4 is 19.6 Å². The summed E-state index contributed by atoms with van der Waals surface area (Å²) in [5.41, 5.74) is 3.89. The van der Waals surface area contributed by atoms with Crippen LogP contribution in [-0.2, 0) is 16.1 Å². The number of esters is 1. The molecule has 0 unspecified atom stereocenters. The van der Waals surface area contributed by atoms with E-state index >= 15 is 0 Å². The topological polar surface area (TPSA) is 69.9 Å². The fraction of sp³-hybridized carbons (Fsp3) is 0.139. The molecule has 1 aliphatic heterocycles. The first-order chi connectivity index (χ1) is 22.8. The molecule has 1 atom stereocenters. The first-order valence-electron chi connectivity index (χ1n) is 14.6. The van der Waals surface area contributed by atoms with E-state index in [9.17, 15) is 9.59 Å². The van der Waals surface area contributed by atoms with Gasteiger partial charge in [0.2, 0.25) is 0 Å². The molecule has 0 N–H and O–H groups in total. The van der Waals surface area contributed by atoms with Crippen molar-refractivity contribution in [2.24, 2.45) is 4.99 Å². The summed E-state index contributed by atoms with van der Waals surface area (Å²) in [6, 6.07) is 28.6. The van der Waals surface area contributed by atoms with E-state index in [-0.39, 0.29) is 12.2 Å². The van der Waals surface area contributed by atoms with E-state index in [2.05, 4.69) is 54.5 Å². The van der Waals surface area contributed by atoms with Gasteiger partial charge in [-0.2, -0.15) is 0 Å². The average molecular weight is 902 g/mol. The highest BCUT2D eigenvalue weighted by Gasteiger charge is 2.35. The van der Waals surface area contributed by atoms with Gasteiger partial charge in [-0.15, -0.1) is 11.8 Å². The minimum atomic E-state index is -0.741. The third kappa shape index (κ3) is 7.39. The number of ether oxygens (including phenoxy) is 2. The molecule has 0 fully saturated rings. The number of benzene rings is 4. The van der Waals surface area contributed by atoms with Crippen molar-refractivity contribution in [3.8, 4) is 5.75 Å². The van der Waals surface area contributed by atoms with Gasteiger partial charge in [0.15, 0.2) is 4.80 Å². The van der Waals surface area contributed by atoms with E-state index in [0.29, 0.717) is 33.0 Å². The normalized spacial score (nSPS) is 14.5. The second kappa shape index (κ2) is 15.1. The monoisotopic (exact) mass is 900 g/mol. The summed E-state index contributed by atoms with van der Waals surface area (Å²) in [7, 11) is 0. The SMILES string of the molecule is CCOC(=O)C1=C(c2ccccc2)N=c2s/c(=C\c3cc(Br)cc(I)c3OCc3ccc(Br)cc3)c(=O)n2[C@@H]1c1ccc(SC)cc1. The molecule has 0 saturated carbocycles. The lowest BCUT2D eigenvalue weighted by molar-refractivity contribution is -0.138. The maximum atomic E-state index is 14.4. The van der Waals surface area contributed by atoms with Crippen LogP contribution in [0, 0.1) is 3.57 Å². The van der Waals surface area contributed by atoms with E-state index in [1.807, 2.05) is 103 Å². The summed E-state index contributed by atoms with van der Waals surface area (Å²) < 4.78 is 16.8. The summed E-state index contributed by atoms with van der Waals surface area (Å²) in [4.78, 5) is 34.7. The maximum Gasteiger partial charge on any atom is 0.338 e. The van der Waals surface area contributed by atoms with Crippen LogP contribution in [0.5, 0.6) is 5.75 Å². The van der Waals surface area contributed by atoms with E-state index in [1.54, 1.807) is 23.3 Å². The van der Waals surface area contributed by atoms with E-state index in [1.165, 1.54) is 11.3 Å². The first-order valence-corrected chi connectivity index (χ1v) is 19.3. The molecule has 0 bridgehead atoms. The lowest BCUT2D eigenvalue weighted by Crippen LogP contribution is -2.40. The highest BCUT2D eigenvalue weighted by molar-refractivity contribution is 14.1. The molecule has 47 heavy (non-hydrogen) atoms. The molecule has 238 valence electrons. The van der Waals surface area contributed by atoms with Gasteiger partial charge in [0, 0.05) is 25.0 Å². The number of nitrogens with zero attached hydrogens (tertiary/aromatic N) is 2. The molecule has 0 spiro atoms. The Morgan fingerprint density at radius 2 is 1.74 bits per heavy atom. The Hall–Kier alpha value is -2.97. The third-order valence-electron chi connectivity index (χ3n) is 7.43. The maximum absolute atomic E-state index is 14.4. The Labute approximate surface area is 310 Å². The van der Waals surface area contributed by atoms with Crippen LogP contribution in [0.1, 0.15) is 35.2 Å². The van der Waals surface area contributed by atoms with Crippen molar-refractivity contribution in [3.05, 3.63) is 151 Å². The fourth-order valence-corrected chi connectivity index (χ4v) is 8.63. The van der Waals surface area contributed by atoms with Gasteiger partial charge in [-0.1, -0.05) is 97.8 Å². The van der Waals surface area contributed by atoms with Crippen LogP contribution in [0.3, 0.4) is 0 Å². The number of carbonyl (C=O) groups is 1. The van der Waals surface area contributed by atoms with Gasteiger partial charge >= 0.3 is 5.97 Å². The molecule has 5 aromatic rings. The summed E-state index contributed by atoms with van der Waals surface area (Å²) in [6.45, 7) is 2.33. The van der Waals surface area contributed by atoms with Crippen molar-refractivity contribution in [2.75, 3.05) is 12.9 Å². The van der Waals surface area contributed by atoms with Crippen molar-refractivity contribution < 1.29 is 14.3 Å². The smallest absolute Gasteiger partial charge is 0.338 e. The lowest BCUT2D eigenvalue weighted by atomic mass is 9.93. The highest BCUT2D eigenvalue weighted by Crippen LogP contribution is 2.36. The Morgan fingerprint density at radius 3 is 2.43 bits per heavy atom. The standard InChI is InChI=1S/C36H27Br2IN2O4S2/c1-3-44-35(43)30-31(22-7-5-4-6-8-22)40-36-41(32(30)23-11-15-27(46-2)16-12-23)34(42)29(47-36)18-24-17-26(38)19-28(39)33(24)45-20-21-9-13-25(37)14-10-21/h4-19,32H,3,20H2,1-2H3/b29-18-/t32-/m1/s1. The first kappa shape index (κ1) is 33.9. The number of halogens is 3. The van der Waals surface area contributed by atoms with Gasteiger partial charge in [0.05, 0.1) is 32.0 Å². The number of hydrogen-bond acceptors (Lipinski definition) is 7. The zero-order valence-corrected chi connectivity index (χ0v) is 32.2. The van der Waals surface area contributed by atoms with Gasteiger partial charge in [-0.3, -0.25) is 9.36 Å². The molecule has 2 heterocycles. The molecule has 0 amide bonds. The van der Waals surface area contributed by atoms with Gasteiger partial charge in [-0.05, 0) is 89.4 Å². The number of thiazole rings is 1. The molecule has 11 heteroatoms. The molecule has 0 radical (unpaired) electrons. The van der Waals surface area contributed by atoms with Crippen LogP contribution in [-0.4, -0.2) is 23.4 Å². The van der Waals surface area contributed by atoms with Gasteiger partial charge in [0.25, 0.3) is 5.56 Å². The van der Waals surface area contributed by atoms with E-state index in [4.69, 9.17) is 14.5 Å². The van der Waals surface area contributed by atoms with Crippen molar-refractivity contribution in [1.29, 1.82) is 0 Å². The quantitative estimate of drug-likeness (QED) is 0.0846. The minimum absolute atomic E-state index is 0.192. The summed E-state index contributed by atoms with van der Waals surface area (Å²) in [5, 5.41) is 0. The zero-order chi connectivity index (χ0) is 33.1. The Kier molecular flexibility index (Phi) is 10.9. The Bertz CT molecular complexity index is 2160. The molecule has 6 rings (SSSR count). The van der Waals surface area contributed by atoms with Crippen LogP contribution >= 0.6 is 77.5 Å². The number of aromatic nitrogens is 1. The summed E-state index contributed by atoms with van der Waals surface area (Å²) in [6.07, 6.45) is 3.85. The summed E-state index contributed by atoms with van der Waals surface area (Å²) >= 11 is 12.3. The number of hydrogen-bond donors (Lipinski definition) is 0. The number of fused-ring (bicyclic) bond motifs is 1. The molecular weight excluding hydrogens is 875 g/mol. The van der Waals surface area contributed by atoms with Crippen LogP contribution in [0.4, 0.5) is 0 Å². The molecule has 6 nitrogen and oxygen atoms in total. The van der Waals surface area contributed by atoms with Crippen molar-refractivity contribution >= 4 is 95.3 Å². The van der Waals surface area contributed by atoms with E-state index in [0.717, 1.165) is 39.7 Å². The summed E-state index contributed by atoms with van der Waals surface area (Å²) in [5.74, 6) is 0.164. The second-order valence-corrected chi connectivity index (χ2v) is 15.3. The molecular formula is C36H27Br2IN2O4S2. The molecule has 4 aromatic carbocycles. The van der Waals surface area contributed by atoms with Gasteiger partial charge in [-0.25, -0.2) is 9.79 Å². The largest absolute Gasteiger partial charge is 0.487 e. The van der Waals surface area contributed by atoms with Crippen LogP contribution in [0.2, 0.25) is 0 Å². The zero-order valence-electron chi connectivity index (χ0n) is 25.2. The molecule has 1 aromatic heterocycles. The predicted molar refractivity (Wildman–Crippen MR) is 205 cm³/mol. The third-order valence-corrected chi connectivity index (χ3v) is 10.9. The number of thioether (sulfide) groups is 1. The van der Waals surface area contributed by atoms with Crippen LogP contribution in [0.15, 0.2) is 120 Å². The number of carbonyl (C=O) groups excluding carboxylic acids is 1. The van der Waals surface area contributed by atoms with Crippen molar-refractivity contribution in [3.63, 3.8) is 0 Å². The lowest BCUT2D eigenvalue weighted by Gasteiger charge is -2.26. The van der Waals surface area contributed by atoms with Crippen LogP contribution in [0.25, 0.3) is 11.8 Å². The second-order valence-electron chi connectivity index (χ2n) is 10.4. The molecule has 0 aliphatic carbocycles. The molecule has 1 aliphatic rings. The van der Waals surface area contributed by atoms with Crippen molar-refractivity contribution in [2.45, 2.75) is 24.5 Å². The Morgan fingerprint density at radius 1 is 1.02 bits per heavy atom. The van der Waals surface area contributed by atoms with Gasteiger partial charge in [0.1, 0.15) is 12.4 Å². The van der Waals surface area contributed by atoms with Gasteiger partial charge < -0.3 is 9.47 Å². The fourth-order valence-electron chi connectivity index (χ4n) is 5.26. The average Bonchev–Trinajstić information content (AvgIpc) is 3.38. The number of rotatable bonds is 9. The Balaban J connectivity index is 1.55. The highest BCUT2D eigenvalue weighted by atomic mass is 127. The van der Waals surface area contributed by atoms with E-state index < -0.39 is 12.0 Å². The predicted octanol–water partition coefficient (Wildman–Crippen LogP) is 8.37.